The Balaban J connectivity index is 2.26. The molecule has 118 valence electrons. The number of ether oxygens (including phenoxy) is 1. The zero-order valence-electron chi connectivity index (χ0n) is 13.0. The van der Waals surface area contributed by atoms with Crippen LogP contribution in [0.3, 0.4) is 0 Å². The summed E-state index contributed by atoms with van der Waals surface area (Å²) in [6.07, 6.45) is 1.93. The van der Waals surface area contributed by atoms with E-state index in [9.17, 15) is 5.11 Å². The number of rotatable bonds is 7. The highest BCUT2D eigenvalue weighted by Crippen LogP contribution is 2.28. The SMILES string of the molecule is CCCOc1nc(NCC)nc(N2CCC(C)C2CO)n1. The van der Waals surface area contributed by atoms with Crippen molar-refractivity contribution in [2.75, 3.05) is 36.5 Å². The molecule has 1 saturated heterocycles. The van der Waals surface area contributed by atoms with Crippen LogP contribution < -0.4 is 15.0 Å². The van der Waals surface area contributed by atoms with Crippen LogP contribution in [0.5, 0.6) is 6.01 Å². The summed E-state index contributed by atoms with van der Waals surface area (Å²) >= 11 is 0. The highest BCUT2D eigenvalue weighted by atomic mass is 16.5. The predicted octanol–water partition coefficient (Wildman–Crippen LogP) is 1.30. The van der Waals surface area contributed by atoms with Crippen LogP contribution in [-0.2, 0) is 0 Å². The van der Waals surface area contributed by atoms with Crippen molar-refractivity contribution < 1.29 is 9.84 Å². The zero-order chi connectivity index (χ0) is 15.2. The molecule has 1 aromatic heterocycles. The summed E-state index contributed by atoms with van der Waals surface area (Å²) < 4.78 is 5.55. The van der Waals surface area contributed by atoms with Crippen molar-refractivity contribution >= 4 is 11.9 Å². The molecule has 7 heteroatoms. The van der Waals surface area contributed by atoms with Crippen LogP contribution in [0.2, 0.25) is 0 Å². The summed E-state index contributed by atoms with van der Waals surface area (Å²) in [6.45, 7) is 8.43. The molecule has 2 N–H and O–H groups in total. The van der Waals surface area contributed by atoms with Crippen LogP contribution in [0.15, 0.2) is 0 Å². The quantitative estimate of drug-likeness (QED) is 0.784. The molecule has 21 heavy (non-hydrogen) atoms. The lowest BCUT2D eigenvalue weighted by atomic mass is 10.0. The van der Waals surface area contributed by atoms with Gasteiger partial charge in [0.25, 0.3) is 0 Å². The lowest BCUT2D eigenvalue weighted by molar-refractivity contribution is 0.243. The molecule has 0 radical (unpaired) electrons. The van der Waals surface area contributed by atoms with E-state index in [0.717, 1.165) is 25.9 Å². The maximum Gasteiger partial charge on any atom is 0.323 e. The second kappa shape index (κ2) is 7.40. The average molecular weight is 295 g/mol. The number of hydrogen-bond acceptors (Lipinski definition) is 7. The van der Waals surface area contributed by atoms with E-state index < -0.39 is 0 Å². The number of aliphatic hydroxyl groups is 1. The van der Waals surface area contributed by atoms with Crippen LogP contribution in [0.4, 0.5) is 11.9 Å². The minimum atomic E-state index is 0.0564. The van der Waals surface area contributed by atoms with Gasteiger partial charge in [0, 0.05) is 13.1 Å². The molecule has 1 aromatic rings. The van der Waals surface area contributed by atoms with Crippen LogP contribution >= 0.6 is 0 Å². The lowest BCUT2D eigenvalue weighted by Gasteiger charge is -2.25. The standard InChI is InChI=1S/C14H25N5O2/c1-4-8-21-14-17-12(15-5-2)16-13(18-14)19-7-6-10(3)11(19)9-20/h10-11,20H,4-9H2,1-3H3,(H,15,16,17,18). The van der Waals surface area contributed by atoms with E-state index >= 15 is 0 Å². The molecule has 1 aliphatic heterocycles. The van der Waals surface area contributed by atoms with Crippen molar-refractivity contribution in [1.29, 1.82) is 0 Å². The van der Waals surface area contributed by atoms with E-state index in [1.807, 2.05) is 18.7 Å². The normalized spacial score (nSPS) is 21.6. The number of hydrogen-bond donors (Lipinski definition) is 2. The first-order valence-corrected chi connectivity index (χ1v) is 7.69. The van der Waals surface area contributed by atoms with Crippen LogP contribution in [0.1, 0.15) is 33.6 Å². The van der Waals surface area contributed by atoms with E-state index in [0.29, 0.717) is 30.4 Å². The largest absolute Gasteiger partial charge is 0.463 e. The molecule has 0 aromatic carbocycles. The Labute approximate surface area is 125 Å². The van der Waals surface area contributed by atoms with Gasteiger partial charge in [0.2, 0.25) is 11.9 Å². The molecule has 0 bridgehead atoms. The van der Waals surface area contributed by atoms with Crippen LogP contribution in [0, 0.1) is 5.92 Å². The minimum absolute atomic E-state index is 0.0564. The molecular weight excluding hydrogens is 270 g/mol. The fourth-order valence-electron chi connectivity index (χ4n) is 2.50. The highest BCUT2D eigenvalue weighted by Gasteiger charge is 2.32. The summed E-state index contributed by atoms with van der Waals surface area (Å²) in [5.41, 5.74) is 0. The van der Waals surface area contributed by atoms with Gasteiger partial charge < -0.3 is 20.1 Å². The average Bonchev–Trinajstić information content (AvgIpc) is 2.86. The monoisotopic (exact) mass is 295 g/mol. The Bertz CT molecular complexity index is 457. The maximum absolute atomic E-state index is 9.59. The van der Waals surface area contributed by atoms with E-state index in [4.69, 9.17) is 4.74 Å². The van der Waals surface area contributed by atoms with Crippen molar-refractivity contribution in [3.8, 4) is 6.01 Å². The van der Waals surface area contributed by atoms with Crippen molar-refractivity contribution in [1.82, 2.24) is 15.0 Å². The van der Waals surface area contributed by atoms with Gasteiger partial charge in [-0.1, -0.05) is 13.8 Å². The summed E-state index contributed by atoms with van der Waals surface area (Å²) in [7, 11) is 0. The van der Waals surface area contributed by atoms with Crippen LogP contribution in [-0.4, -0.2) is 52.4 Å². The van der Waals surface area contributed by atoms with Crippen LogP contribution in [0.25, 0.3) is 0 Å². The van der Waals surface area contributed by atoms with Gasteiger partial charge in [-0.2, -0.15) is 15.0 Å². The smallest absolute Gasteiger partial charge is 0.323 e. The Hall–Kier alpha value is -1.63. The number of aliphatic hydroxyl groups excluding tert-OH is 1. The van der Waals surface area contributed by atoms with Gasteiger partial charge in [-0.3, -0.25) is 0 Å². The number of anilines is 2. The topological polar surface area (TPSA) is 83.4 Å². The van der Waals surface area contributed by atoms with E-state index in [2.05, 4.69) is 27.2 Å². The molecule has 0 amide bonds. The van der Waals surface area contributed by atoms with Gasteiger partial charge in [0.15, 0.2) is 0 Å². The fraction of sp³-hybridized carbons (Fsp3) is 0.786. The third-order valence-electron chi connectivity index (χ3n) is 3.70. The summed E-state index contributed by atoms with van der Waals surface area (Å²) in [6, 6.07) is 0.398. The Morgan fingerprint density at radius 3 is 2.81 bits per heavy atom. The molecule has 1 aliphatic rings. The van der Waals surface area contributed by atoms with Gasteiger partial charge in [-0.05, 0) is 25.7 Å². The number of nitrogens with one attached hydrogen (secondary N) is 1. The molecule has 0 saturated carbocycles. The molecule has 2 atom stereocenters. The third kappa shape index (κ3) is 3.72. The lowest BCUT2D eigenvalue weighted by Crippen LogP contribution is -2.36. The predicted molar refractivity (Wildman–Crippen MR) is 81.8 cm³/mol. The van der Waals surface area contributed by atoms with E-state index in [-0.39, 0.29) is 12.6 Å². The fourth-order valence-corrected chi connectivity index (χ4v) is 2.50. The molecule has 0 spiro atoms. The van der Waals surface area contributed by atoms with Crippen molar-refractivity contribution in [2.45, 2.75) is 39.7 Å². The summed E-state index contributed by atoms with van der Waals surface area (Å²) in [5.74, 6) is 1.52. The first-order valence-electron chi connectivity index (χ1n) is 7.69. The molecule has 2 heterocycles. The third-order valence-corrected chi connectivity index (χ3v) is 3.70. The van der Waals surface area contributed by atoms with Crippen molar-refractivity contribution in [2.24, 2.45) is 5.92 Å². The Kier molecular flexibility index (Phi) is 5.55. The molecule has 7 nitrogen and oxygen atoms in total. The highest BCUT2D eigenvalue weighted by molar-refractivity contribution is 5.40. The summed E-state index contributed by atoms with van der Waals surface area (Å²) in [4.78, 5) is 15.2. The van der Waals surface area contributed by atoms with Gasteiger partial charge >= 0.3 is 6.01 Å². The van der Waals surface area contributed by atoms with E-state index in [1.165, 1.54) is 0 Å². The first kappa shape index (κ1) is 15.8. The van der Waals surface area contributed by atoms with Gasteiger partial charge in [0.1, 0.15) is 0 Å². The number of nitrogens with zero attached hydrogens (tertiary/aromatic N) is 4. The molecular formula is C14H25N5O2. The first-order chi connectivity index (χ1) is 10.2. The molecule has 2 rings (SSSR count). The van der Waals surface area contributed by atoms with Gasteiger partial charge in [0.05, 0.1) is 19.3 Å². The van der Waals surface area contributed by atoms with Gasteiger partial charge in [-0.15, -0.1) is 0 Å². The zero-order valence-corrected chi connectivity index (χ0v) is 13.0. The summed E-state index contributed by atoms with van der Waals surface area (Å²) in [5, 5.41) is 12.7. The minimum Gasteiger partial charge on any atom is -0.463 e. The van der Waals surface area contributed by atoms with E-state index in [1.54, 1.807) is 0 Å². The Morgan fingerprint density at radius 2 is 2.14 bits per heavy atom. The van der Waals surface area contributed by atoms with Crippen molar-refractivity contribution in [3.63, 3.8) is 0 Å². The maximum atomic E-state index is 9.59. The molecule has 1 fully saturated rings. The molecule has 0 aliphatic carbocycles. The molecule has 2 unspecified atom stereocenters. The number of aromatic nitrogens is 3. The van der Waals surface area contributed by atoms with Crippen molar-refractivity contribution in [3.05, 3.63) is 0 Å². The second-order valence-corrected chi connectivity index (χ2v) is 5.33. The Morgan fingerprint density at radius 1 is 1.33 bits per heavy atom. The van der Waals surface area contributed by atoms with Gasteiger partial charge in [-0.25, -0.2) is 0 Å². The second-order valence-electron chi connectivity index (χ2n) is 5.33.